The number of nitrogens with zero attached hydrogens (tertiary/aromatic N) is 2. The number of cyclic esters (lactones) is 1. The lowest BCUT2D eigenvalue weighted by Gasteiger charge is -2.14. The maximum atomic E-state index is 12.7. The molecule has 9 nitrogen and oxygen atoms in total. The Morgan fingerprint density at radius 2 is 1.89 bits per heavy atom. The molecule has 1 aliphatic heterocycles. The zero-order valence-corrected chi connectivity index (χ0v) is 20.2. The van der Waals surface area contributed by atoms with Crippen LogP contribution in [0, 0.1) is 4.91 Å². The van der Waals surface area contributed by atoms with Crippen LogP contribution in [0.4, 0.5) is 5.69 Å². The average Bonchev–Trinajstić information content (AvgIpc) is 2.88. The Labute approximate surface area is 213 Å². The Morgan fingerprint density at radius 3 is 2.67 bits per heavy atom. The first-order valence-corrected chi connectivity index (χ1v) is 11.7. The summed E-state index contributed by atoms with van der Waals surface area (Å²) in [7, 11) is 0. The number of carbonyl (C=O) groups excluding carboxylic acids is 2. The predicted octanol–water partition coefficient (Wildman–Crippen LogP) is 5.13. The minimum Gasteiger partial charge on any atom is -0.507 e. The second-order valence-corrected chi connectivity index (χ2v) is 8.22. The molecule has 0 aliphatic carbocycles. The Bertz CT molecular complexity index is 1180. The molecule has 3 rings (SSSR count). The van der Waals surface area contributed by atoms with Crippen molar-refractivity contribution < 1.29 is 24.3 Å². The highest BCUT2D eigenvalue weighted by Crippen LogP contribution is 2.38. The van der Waals surface area contributed by atoms with E-state index in [1.165, 1.54) is 0 Å². The second kappa shape index (κ2) is 13.8. The second-order valence-electron chi connectivity index (χ2n) is 7.84. The van der Waals surface area contributed by atoms with Crippen molar-refractivity contribution in [3.05, 3.63) is 87.3 Å². The SMILES string of the molecule is O=Nc1cc(O)c2c(c1Cl)CC(=N/OCC(=O)NCc1ccccc1)/C=C/CC/C=C/CCOC2=O. The minimum absolute atomic E-state index is 0.0852. The molecule has 2 aromatic rings. The molecule has 0 radical (unpaired) electrons. The first-order valence-electron chi connectivity index (χ1n) is 11.4. The van der Waals surface area contributed by atoms with Gasteiger partial charge in [-0.2, -0.15) is 0 Å². The summed E-state index contributed by atoms with van der Waals surface area (Å²) in [4.78, 5) is 41.4. The van der Waals surface area contributed by atoms with Crippen LogP contribution < -0.4 is 5.32 Å². The minimum atomic E-state index is -0.795. The quantitative estimate of drug-likeness (QED) is 0.239. The maximum absolute atomic E-state index is 12.7. The number of esters is 1. The number of phenolic OH excluding ortho intramolecular Hbond substituents is 1. The molecule has 0 unspecified atom stereocenters. The summed E-state index contributed by atoms with van der Waals surface area (Å²) in [6.45, 7) is 0.118. The standard InChI is InChI=1S/C26H26ClN3O6/c27-25-20-14-19(30-36-17-23(32)28-16-18-10-6-5-7-11-18)12-8-3-1-2-4-9-13-35-26(33)24(20)22(31)15-21(25)29-34/h2,4-8,10-12,15,31H,1,3,9,13-14,16-17H2,(H,28,32)/b4-2+,12-8+,30-19+. The number of nitrogens with one attached hydrogen (secondary N) is 1. The smallest absolute Gasteiger partial charge is 0.342 e. The predicted molar refractivity (Wildman–Crippen MR) is 136 cm³/mol. The summed E-state index contributed by atoms with van der Waals surface area (Å²) < 4.78 is 5.27. The van der Waals surface area contributed by atoms with E-state index in [-0.39, 0.29) is 47.4 Å². The van der Waals surface area contributed by atoms with Crippen molar-refractivity contribution in [2.45, 2.75) is 32.2 Å². The number of halogens is 1. The Kier molecular flexibility index (Phi) is 10.2. The molecule has 188 valence electrons. The van der Waals surface area contributed by atoms with Crippen LogP contribution in [-0.4, -0.2) is 35.9 Å². The highest BCUT2D eigenvalue weighted by atomic mass is 35.5. The number of aromatic hydroxyl groups is 1. The number of benzene rings is 2. The fraction of sp³-hybridized carbons (Fsp3) is 0.269. The van der Waals surface area contributed by atoms with Crippen molar-refractivity contribution in [1.82, 2.24) is 5.32 Å². The number of hydrogen-bond acceptors (Lipinski definition) is 8. The molecule has 0 fully saturated rings. The van der Waals surface area contributed by atoms with Crippen molar-refractivity contribution >= 4 is 34.9 Å². The van der Waals surface area contributed by atoms with Gasteiger partial charge in [0.2, 0.25) is 0 Å². The maximum Gasteiger partial charge on any atom is 0.342 e. The van der Waals surface area contributed by atoms with E-state index >= 15 is 0 Å². The van der Waals surface area contributed by atoms with Crippen LogP contribution >= 0.6 is 11.6 Å². The van der Waals surface area contributed by atoms with Gasteiger partial charge in [0.05, 0.1) is 17.3 Å². The number of allylic oxidation sites excluding steroid dienone is 3. The summed E-state index contributed by atoms with van der Waals surface area (Å²) in [5.74, 6) is -1.65. The van der Waals surface area contributed by atoms with E-state index in [0.717, 1.165) is 18.1 Å². The number of carbonyl (C=O) groups is 2. The molecular weight excluding hydrogens is 486 g/mol. The fourth-order valence-electron chi connectivity index (χ4n) is 3.41. The molecule has 1 amide bonds. The van der Waals surface area contributed by atoms with Gasteiger partial charge in [0.15, 0.2) is 6.61 Å². The van der Waals surface area contributed by atoms with E-state index in [4.69, 9.17) is 21.2 Å². The average molecular weight is 512 g/mol. The van der Waals surface area contributed by atoms with Crippen molar-refractivity contribution in [2.24, 2.45) is 10.3 Å². The summed E-state index contributed by atoms with van der Waals surface area (Å²) >= 11 is 6.36. The normalized spacial score (nSPS) is 17.2. The fourth-order valence-corrected chi connectivity index (χ4v) is 3.66. The number of nitroso groups, excluding NO2 is 1. The highest BCUT2D eigenvalue weighted by Gasteiger charge is 2.25. The van der Waals surface area contributed by atoms with Crippen LogP contribution in [0.3, 0.4) is 0 Å². The van der Waals surface area contributed by atoms with Crippen LogP contribution in [0.5, 0.6) is 5.75 Å². The number of amides is 1. The Morgan fingerprint density at radius 1 is 1.14 bits per heavy atom. The monoisotopic (exact) mass is 511 g/mol. The molecule has 2 N–H and O–H groups in total. The summed E-state index contributed by atoms with van der Waals surface area (Å²) in [6.07, 6.45) is 9.29. The number of hydrogen-bond donors (Lipinski definition) is 2. The summed E-state index contributed by atoms with van der Waals surface area (Å²) in [6, 6.07) is 10.4. The molecule has 0 saturated carbocycles. The number of oxime groups is 1. The van der Waals surface area contributed by atoms with Crippen LogP contribution in [0.25, 0.3) is 0 Å². The van der Waals surface area contributed by atoms with Gasteiger partial charge in [0.1, 0.15) is 17.0 Å². The number of phenols is 1. The van der Waals surface area contributed by atoms with Gasteiger partial charge in [0, 0.05) is 19.0 Å². The third-order valence-electron chi connectivity index (χ3n) is 5.19. The van der Waals surface area contributed by atoms with Crippen molar-refractivity contribution in [2.75, 3.05) is 13.2 Å². The van der Waals surface area contributed by atoms with Crippen molar-refractivity contribution in [1.29, 1.82) is 0 Å². The lowest BCUT2D eigenvalue weighted by Crippen LogP contribution is -2.26. The van der Waals surface area contributed by atoms with Crippen molar-refractivity contribution in [3.63, 3.8) is 0 Å². The van der Waals surface area contributed by atoms with Gasteiger partial charge in [0.25, 0.3) is 5.91 Å². The van der Waals surface area contributed by atoms with Gasteiger partial charge in [-0.15, -0.1) is 4.91 Å². The summed E-state index contributed by atoms with van der Waals surface area (Å²) in [5.41, 5.74) is 0.955. The van der Waals surface area contributed by atoms with Crippen LogP contribution in [0.2, 0.25) is 5.02 Å². The molecule has 36 heavy (non-hydrogen) atoms. The van der Waals surface area contributed by atoms with Crippen LogP contribution in [0.15, 0.2) is 71.0 Å². The molecule has 10 heteroatoms. The van der Waals surface area contributed by atoms with Gasteiger partial charge in [-0.1, -0.05) is 65.3 Å². The largest absolute Gasteiger partial charge is 0.507 e. The first kappa shape index (κ1) is 26.6. The highest BCUT2D eigenvalue weighted by molar-refractivity contribution is 6.34. The molecule has 0 bridgehead atoms. The summed E-state index contributed by atoms with van der Waals surface area (Å²) in [5, 5.41) is 20.0. The van der Waals surface area contributed by atoms with Crippen molar-refractivity contribution in [3.8, 4) is 5.75 Å². The molecule has 0 saturated heterocycles. The number of ether oxygens (including phenoxy) is 1. The van der Waals surface area contributed by atoms with Crippen LogP contribution in [0.1, 0.15) is 40.7 Å². The lowest BCUT2D eigenvalue weighted by atomic mass is 9.99. The van der Waals surface area contributed by atoms with Gasteiger partial charge < -0.3 is 20.0 Å². The van der Waals surface area contributed by atoms with E-state index in [1.54, 1.807) is 6.08 Å². The molecule has 0 aromatic heterocycles. The molecule has 1 aliphatic rings. The molecule has 0 spiro atoms. The third-order valence-corrected chi connectivity index (χ3v) is 5.61. The first-order chi connectivity index (χ1) is 17.5. The molecular formula is C26H26ClN3O6. The van der Waals surface area contributed by atoms with Gasteiger partial charge in [-0.05, 0) is 41.6 Å². The van der Waals surface area contributed by atoms with E-state index in [1.807, 2.05) is 48.6 Å². The van der Waals surface area contributed by atoms with E-state index in [0.29, 0.717) is 25.1 Å². The van der Waals surface area contributed by atoms with Crippen LogP contribution in [-0.2, 0) is 27.3 Å². The zero-order chi connectivity index (χ0) is 25.8. The molecule has 0 atom stereocenters. The third kappa shape index (κ3) is 7.78. The van der Waals surface area contributed by atoms with Gasteiger partial charge >= 0.3 is 5.97 Å². The zero-order valence-electron chi connectivity index (χ0n) is 19.5. The van der Waals surface area contributed by atoms with Gasteiger partial charge in [-0.3, -0.25) is 4.79 Å². The number of fused-ring (bicyclic) bond motifs is 1. The lowest BCUT2D eigenvalue weighted by molar-refractivity contribution is -0.125. The van der Waals surface area contributed by atoms with E-state index < -0.39 is 11.7 Å². The van der Waals surface area contributed by atoms with E-state index in [9.17, 15) is 19.6 Å². The topological polar surface area (TPSA) is 127 Å². The molecule has 1 heterocycles. The molecule has 2 aromatic carbocycles. The van der Waals surface area contributed by atoms with E-state index in [2.05, 4.69) is 15.6 Å². The Balaban J connectivity index is 1.82. The number of rotatable bonds is 6. The Hall–Kier alpha value is -3.98. The van der Waals surface area contributed by atoms with Gasteiger partial charge in [-0.25, -0.2) is 4.79 Å².